The number of hydrogen-bond donors (Lipinski definition) is 0. The average Bonchev–Trinajstić information content (AvgIpc) is 2.64. The molecule has 0 saturated heterocycles. The lowest BCUT2D eigenvalue weighted by atomic mass is 9.94. The molecule has 0 radical (unpaired) electrons. The van der Waals surface area contributed by atoms with E-state index in [1.54, 1.807) is 0 Å². The molecule has 1 atom stereocenters. The molecule has 0 spiro atoms. The Morgan fingerprint density at radius 1 is 0.964 bits per heavy atom. The van der Waals surface area contributed by atoms with Gasteiger partial charge in [0.1, 0.15) is 12.2 Å². The van der Waals surface area contributed by atoms with E-state index in [-0.39, 0.29) is 25.0 Å². The van der Waals surface area contributed by atoms with Crippen molar-refractivity contribution in [1.82, 2.24) is 0 Å². The Balaban J connectivity index is 2.00. The monoisotopic (exact) mass is 446 g/mol. The maximum atomic E-state index is 12.7. The van der Waals surface area contributed by atoms with E-state index in [4.69, 9.17) is 9.47 Å². The van der Waals surface area contributed by atoms with Crippen LogP contribution in [0.3, 0.4) is 0 Å². The maximum Gasteiger partial charge on any atom is 0.309 e. The van der Waals surface area contributed by atoms with Gasteiger partial charge in [0.2, 0.25) is 0 Å². The van der Waals surface area contributed by atoms with Crippen LogP contribution >= 0.6 is 15.9 Å². The van der Waals surface area contributed by atoms with Crippen LogP contribution in [0, 0.1) is 5.92 Å². The second-order valence-corrected chi connectivity index (χ2v) is 8.66. The highest BCUT2D eigenvalue weighted by atomic mass is 79.9. The number of carbonyl (C=O) groups is 2. The van der Waals surface area contributed by atoms with E-state index < -0.39 is 11.5 Å². The number of esters is 2. The maximum absolute atomic E-state index is 12.7. The first-order valence-electron chi connectivity index (χ1n) is 9.40. The normalized spacial score (nSPS) is 12.3. The summed E-state index contributed by atoms with van der Waals surface area (Å²) in [5.41, 5.74) is 1.42. The van der Waals surface area contributed by atoms with Crippen LogP contribution in [0.5, 0.6) is 0 Å². The van der Waals surface area contributed by atoms with E-state index in [0.717, 1.165) is 15.6 Å². The third-order valence-corrected chi connectivity index (χ3v) is 4.60. The van der Waals surface area contributed by atoms with Crippen molar-refractivity contribution in [2.75, 3.05) is 0 Å². The Morgan fingerprint density at radius 3 is 2.21 bits per heavy atom. The molecule has 2 rings (SSSR count). The summed E-state index contributed by atoms with van der Waals surface area (Å²) in [6, 6.07) is 17.4. The fourth-order valence-corrected chi connectivity index (χ4v) is 3.00. The van der Waals surface area contributed by atoms with Gasteiger partial charge in [-0.2, -0.15) is 0 Å². The van der Waals surface area contributed by atoms with Gasteiger partial charge in [0.15, 0.2) is 0 Å². The molecule has 0 aromatic heterocycles. The second-order valence-electron chi connectivity index (χ2n) is 7.75. The van der Waals surface area contributed by atoms with Crippen molar-refractivity contribution < 1.29 is 19.1 Å². The summed E-state index contributed by atoms with van der Waals surface area (Å²) in [4.78, 5) is 24.8. The van der Waals surface area contributed by atoms with Crippen LogP contribution in [0.1, 0.15) is 44.7 Å². The van der Waals surface area contributed by atoms with Crippen molar-refractivity contribution in [1.29, 1.82) is 0 Å². The summed E-state index contributed by atoms with van der Waals surface area (Å²) in [6.45, 7) is 5.72. The fraction of sp³-hybridized carbons (Fsp3) is 0.391. The number of carbonyl (C=O) groups excluding carboxylic acids is 2. The molecule has 2 aromatic rings. The molecule has 150 valence electrons. The van der Waals surface area contributed by atoms with Crippen LogP contribution in [0.4, 0.5) is 0 Å². The number of benzene rings is 2. The van der Waals surface area contributed by atoms with Gasteiger partial charge in [-0.15, -0.1) is 0 Å². The lowest BCUT2D eigenvalue weighted by Crippen LogP contribution is -2.26. The first kappa shape index (κ1) is 22.2. The third-order valence-electron chi connectivity index (χ3n) is 4.07. The van der Waals surface area contributed by atoms with Gasteiger partial charge in [0.25, 0.3) is 0 Å². The van der Waals surface area contributed by atoms with E-state index in [1.807, 2.05) is 75.4 Å². The minimum atomic E-state index is -0.536. The molecule has 4 nitrogen and oxygen atoms in total. The van der Waals surface area contributed by atoms with Crippen molar-refractivity contribution in [3.05, 3.63) is 70.2 Å². The molecule has 2 aromatic carbocycles. The predicted molar refractivity (Wildman–Crippen MR) is 113 cm³/mol. The molecule has 1 unspecified atom stereocenters. The molecular weight excluding hydrogens is 420 g/mol. The Bertz CT molecular complexity index is 763. The first-order chi connectivity index (χ1) is 13.2. The first-order valence-corrected chi connectivity index (χ1v) is 10.2. The lowest BCUT2D eigenvalue weighted by Gasteiger charge is -2.21. The summed E-state index contributed by atoms with van der Waals surface area (Å²) in [7, 11) is 0. The molecule has 0 aliphatic heterocycles. The average molecular weight is 447 g/mol. The van der Waals surface area contributed by atoms with Gasteiger partial charge < -0.3 is 9.47 Å². The number of ether oxygens (including phenoxy) is 2. The van der Waals surface area contributed by atoms with Crippen LogP contribution in [-0.2, 0) is 32.1 Å². The molecule has 28 heavy (non-hydrogen) atoms. The van der Waals surface area contributed by atoms with Gasteiger partial charge in [0.05, 0.1) is 5.92 Å². The SMILES string of the molecule is CC(C)(C)OC(=O)CCC(Cc1ccc(Br)cc1)C(=O)OCc1ccccc1. The highest BCUT2D eigenvalue weighted by molar-refractivity contribution is 9.10. The Kier molecular flexibility index (Phi) is 8.24. The van der Waals surface area contributed by atoms with Gasteiger partial charge >= 0.3 is 11.9 Å². The van der Waals surface area contributed by atoms with Crippen molar-refractivity contribution >= 4 is 27.9 Å². The zero-order valence-corrected chi connectivity index (χ0v) is 18.2. The molecule has 5 heteroatoms. The molecule has 0 aliphatic carbocycles. The van der Waals surface area contributed by atoms with Crippen LogP contribution in [0.15, 0.2) is 59.1 Å². The standard InChI is InChI=1S/C23H27BrO4/c1-23(2,3)28-21(25)14-11-19(15-17-9-12-20(24)13-10-17)22(26)27-16-18-7-5-4-6-8-18/h4-10,12-13,19H,11,14-16H2,1-3H3. The largest absolute Gasteiger partial charge is 0.461 e. The predicted octanol–water partition coefficient (Wildman–Crippen LogP) is 5.47. The van der Waals surface area contributed by atoms with Gasteiger partial charge in [-0.05, 0) is 56.9 Å². The second kappa shape index (κ2) is 10.4. The smallest absolute Gasteiger partial charge is 0.309 e. The summed E-state index contributed by atoms with van der Waals surface area (Å²) in [6.07, 6.45) is 1.08. The highest BCUT2D eigenvalue weighted by Crippen LogP contribution is 2.20. The molecule has 0 amide bonds. The fourth-order valence-electron chi connectivity index (χ4n) is 2.74. The van der Waals surface area contributed by atoms with Crippen LogP contribution in [0.2, 0.25) is 0 Å². The lowest BCUT2D eigenvalue weighted by molar-refractivity contribution is -0.156. The van der Waals surface area contributed by atoms with E-state index in [1.165, 1.54) is 0 Å². The molecule has 0 bridgehead atoms. The van der Waals surface area contributed by atoms with E-state index in [2.05, 4.69) is 15.9 Å². The number of rotatable bonds is 8. The molecule has 0 N–H and O–H groups in total. The number of halogens is 1. The van der Waals surface area contributed by atoms with Gasteiger partial charge in [-0.3, -0.25) is 9.59 Å². The van der Waals surface area contributed by atoms with Gasteiger partial charge in [-0.1, -0.05) is 58.4 Å². The van der Waals surface area contributed by atoms with Crippen LogP contribution < -0.4 is 0 Å². The van der Waals surface area contributed by atoms with Crippen molar-refractivity contribution in [3.63, 3.8) is 0 Å². The zero-order chi connectivity index (χ0) is 20.6. The minimum Gasteiger partial charge on any atom is -0.461 e. The Morgan fingerprint density at radius 2 is 1.61 bits per heavy atom. The summed E-state index contributed by atoms with van der Waals surface area (Å²) >= 11 is 3.42. The van der Waals surface area contributed by atoms with Crippen molar-refractivity contribution in [2.45, 2.75) is 52.2 Å². The third kappa shape index (κ3) is 8.26. The molecule has 0 heterocycles. The molecule has 0 fully saturated rings. The number of hydrogen-bond acceptors (Lipinski definition) is 4. The van der Waals surface area contributed by atoms with Gasteiger partial charge in [0, 0.05) is 10.9 Å². The van der Waals surface area contributed by atoms with Crippen molar-refractivity contribution in [3.8, 4) is 0 Å². The van der Waals surface area contributed by atoms with Crippen LogP contribution in [-0.4, -0.2) is 17.5 Å². The molecule has 0 saturated carbocycles. The Hall–Kier alpha value is -2.14. The summed E-state index contributed by atoms with van der Waals surface area (Å²) in [5, 5.41) is 0. The Labute approximate surface area is 175 Å². The molecule has 0 aliphatic rings. The van der Waals surface area contributed by atoms with E-state index >= 15 is 0 Å². The van der Waals surface area contributed by atoms with E-state index in [0.29, 0.717) is 12.8 Å². The summed E-state index contributed by atoms with van der Waals surface area (Å²) < 4.78 is 11.9. The quantitative estimate of drug-likeness (QED) is 0.504. The van der Waals surface area contributed by atoms with Gasteiger partial charge in [-0.25, -0.2) is 0 Å². The topological polar surface area (TPSA) is 52.6 Å². The van der Waals surface area contributed by atoms with Crippen LogP contribution in [0.25, 0.3) is 0 Å². The molecular formula is C23H27BrO4. The van der Waals surface area contributed by atoms with Crippen molar-refractivity contribution in [2.24, 2.45) is 5.92 Å². The minimum absolute atomic E-state index is 0.179. The van der Waals surface area contributed by atoms with E-state index in [9.17, 15) is 9.59 Å². The summed E-state index contributed by atoms with van der Waals surface area (Å²) in [5.74, 6) is -1.00. The highest BCUT2D eigenvalue weighted by Gasteiger charge is 2.24. The zero-order valence-electron chi connectivity index (χ0n) is 16.6.